The fourth-order valence-corrected chi connectivity index (χ4v) is 4.47. The Labute approximate surface area is 221 Å². The fraction of sp³-hybridized carbons (Fsp3) is 0.552. The van der Waals surface area contributed by atoms with Gasteiger partial charge in [-0.2, -0.15) is 0 Å². The van der Waals surface area contributed by atoms with Gasteiger partial charge in [0.1, 0.15) is 5.75 Å². The molecule has 0 saturated carbocycles. The highest BCUT2D eigenvalue weighted by Gasteiger charge is 2.14. The highest BCUT2D eigenvalue weighted by molar-refractivity contribution is 6.37. The number of halogens is 2. The molecule has 2 rings (SSSR count). The number of phenols is 1. The number of hydrogen-bond donors (Lipinski definition) is 2. The van der Waals surface area contributed by atoms with Crippen molar-refractivity contribution in [3.8, 4) is 11.5 Å². The topological polar surface area (TPSA) is 58.6 Å². The Morgan fingerprint density at radius 2 is 1.49 bits per heavy atom. The van der Waals surface area contributed by atoms with E-state index in [2.05, 4.69) is 24.4 Å². The lowest BCUT2D eigenvalue weighted by atomic mass is 10.0. The number of unbranched alkanes of at least 4 members (excludes halogenated alkanes) is 10. The molecule has 2 N–H and O–H groups in total. The van der Waals surface area contributed by atoms with Gasteiger partial charge in [0.15, 0.2) is 5.75 Å². The zero-order chi connectivity index (χ0) is 25.5. The fourth-order valence-electron chi connectivity index (χ4n) is 4.02. The van der Waals surface area contributed by atoms with Crippen molar-refractivity contribution < 1.29 is 14.6 Å². The monoisotopic (exact) mass is 521 g/mol. The summed E-state index contributed by atoms with van der Waals surface area (Å²) in [5, 5.41) is 13.3. The number of aryl methyl sites for hydroxylation is 1. The molecule has 2 aromatic carbocycles. The van der Waals surface area contributed by atoms with E-state index in [-0.39, 0.29) is 35.4 Å². The van der Waals surface area contributed by atoms with Crippen LogP contribution in [0.5, 0.6) is 11.5 Å². The van der Waals surface area contributed by atoms with E-state index in [0.717, 1.165) is 12.2 Å². The molecule has 0 fully saturated rings. The van der Waals surface area contributed by atoms with Gasteiger partial charge >= 0.3 is 0 Å². The Hall–Kier alpha value is -1.91. The lowest BCUT2D eigenvalue weighted by Crippen LogP contribution is -2.15. The molecule has 0 atom stereocenters. The molecule has 0 aliphatic carbocycles. The molecule has 0 heterocycles. The van der Waals surface area contributed by atoms with Crippen LogP contribution in [-0.2, 0) is 11.2 Å². The van der Waals surface area contributed by atoms with Gasteiger partial charge in [0.25, 0.3) is 0 Å². The first-order valence-electron chi connectivity index (χ1n) is 13.1. The van der Waals surface area contributed by atoms with E-state index in [9.17, 15) is 9.90 Å². The number of aromatic hydroxyl groups is 1. The molecule has 0 unspecified atom stereocenters. The van der Waals surface area contributed by atoms with Crippen LogP contribution < -0.4 is 10.1 Å². The van der Waals surface area contributed by atoms with E-state index in [4.69, 9.17) is 27.9 Å². The Balaban J connectivity index is 1.57. The maximum absolute atomic E-state index is 12.2. The zero-order valence-corrected chi connectivity index (χ0v) is 22.8. The van der Waals surface area contributed by atoms with E-state index in [1.165, 1.54) is 82.3 Å². The minimum absolute atomic E-state index is 0.136. The maximum Gasteiger partial charge on any atom is 0.227 e. The molecule has 0 bridgehead atoms. The van der Waals surface area contributed by atoms with Gasteiger partial charge in [-0.05, 0) is 49.1 Å². The Morgan fingerprint density at radius 1 is 0.914 bits per heavy atom. The molecule has 0 saturated heterocycles. The molecule has 4 nitrogen and oxygen atoms in total. The summed E-state index contributed by atoms with van der Waals surface area (Å²) in [7, 11) is 0. The average molecular weight is 523 g/mol. The van der Waals surface area contributed by atoms with Crippen molar-refractivity contribution >= 4 is 34.8 Å². The maximum atomic E-state index is 12.2. The van der Waals surface area contributed by atoms with Crippen molar-refractivity contribution in [2.45, 2.75) is 97.3 Å². The van der Waals surface area contributed by atoms with Crippen LogP contribution in [0, 0.1) is 6.92 Å². The molecule has 35 heavy (non-hydrogen) atoms. The van der Waals surface area contributed by atoms with Gasteiger partial charge < -0.3 is 15.2 Å². The standard InChI is InChI=1S/C29H41Cl2NO3/c1-3-4-5-6-7-8-9-10-11-12-13-14-23-15-17-24(18-16-23)35-20-19-27(33)32-26-21-25(30)22(2)28(31)29(26)34/h15-18,21,34H,3-14,19-20H2,1-2H3,(H,32,33). The molecule has 194 valence electrons. The first kappa shape index (κ1) is 29.3. The predicted molar refractivity (Wildman–Crippen MR) is 148 cm³/mol. The summed E-state index contributed by atoms with van der Waals surface area (Å²) in [5.74, 6) is 0.269. The second-order valence-electron chi connectivity index (χ2n) is 9.27. The van der Waals surface area contributed by atoms with Crippen molar-refractivity contribution in [1.29, 1.82) is 0 Å². The second kappa shape index (κ2) is 16.7. The highest BCUT2D eigenvalue weighted by Crippen LogP contribution is 2.38. The van der Waals surface area contributed by atoms with Crippen LogP contribution in [0.25, 0.3) is 0 Å². The SMILES string of the molecule is CCCCCCCCCCCCCc1ccc(OCCC(=O)Nc2cc(Cl)c(C)c(Cl)c2O)cc1. The summed E-state index contributed by atoms with van der Waals surface area (Å²) < 4.78 is 5.70. The molecule has 0 aliphatic rings. The number of hydrogen-bond acceptors (Lipinski definition) is 3. The number of carbonyl (C=O) groups excluding carboxylic acids is 1. The first-order valence-corrected chi connectivity index (χ1v) is 13.9. The van der Waals surface area contributed by atoms with E-state index >= 15 is 0 Å². The number of benzene rings is 2. The summed E-state index contributed by atoms with van der Waals surface area (Å²) in [5.41, 5.74) is 2.08. The van der Waals surface area contributed by atoms with Crippen molar-refractivity contribution in [1.82, 2.24) is 0 Å². The van der Waals surface area contributed by atoms with Crippen LogP contribution in [0.1, 0.15) is 95.1 Å². The molecule has 2 aromatic rings. The molecular formula is C29H41Cl2NO3. The summed E-state index contributed by atoms with van der Waals surface area (Å²) in [6.07, 6.45) is 16.1. The zero-order valence-electron chi connectivity index (χ0n) is 21.3. The third-order valence-corrected chi connectivity index (χ3v) is 7.14. The molecular weight excluding hydrogens is 481 g/mol. The van der Waals surface area contributed by atoms with Gasteiger partial charge in [-0.15, -0.1) is 0 Å². The summed E-state index contributed by atoms with van der Waals surface area (Å²) in [6.45, 7) is 4.20. The largest absolute Gasteiger partial charge is 0.504 e. The van der Waals surface area contributed by atoms with Crippen LogP contribution in [0.15, 0.2) is 30.3 Å². The minimum atomic E-state index is -0.288. The Bertz CT molecular complexity index is 900. The lowest BCUT2D eigenvalue weighted by Gasteiger charge is -2.12. The van der Waals surface area contributed by atoms with Crippen molar-refractivity contribution in [3.05, 3.63) is 51.5 Å². The van der Waals surface area contributed by atoms with Crippen molar-refractivity contribution in [2.24, 2.45) is 0 Å². The van der Waals surface area contributed by atoms with Gasteiger partial charge in [0.2, 0.25) is 5.91 Å². The third-order valence-electron chi connectivity index (χ3n) is 6.29. The molecule has 1 amide bonds. The Kier molecular flexibility index (Phi) is 14.0. The third kappa shape index (κ3) is 11.1. The molecule has 0 radical (unpaired) electrons. The van der Waals surface area contributed by atoms with Gasteiger partial charge in [0.05, 0.1) is 23.7 Å². The number of anilines is 1. The first-order chi connectivity index (χ1) is 16.9. The van der Waals surface area contributed by atoms with E-state index in [1.54, 1.807) is 6.92 Å². The molecule has 0 aromatic heterocycles. The van der Waals surface area contributed by atoms with Crippen LogP contribution in [0.4, 0.5) is 5.69 Å². The van der Waals surface area contributed by atoms with Crippen molar-refractivity contribution in [3.63, 3.8) is 0 Å². The summed E-state index contributed by atoms with van der Waals surface area (Å²) in [4.78, 5) is 12.2. The Morgan fingerprint density at radius 3 is 2.09 bits per heavy atom. The van der Waals surface area contributed by atoms with Crippen LogP contribution in [-0.4, -0.2) is 17.6 Å². The number of amides is 1. The van der Waals surface area contributed by atoms with Crippen LogP contribution >= 0.6 is 23.2 Å². The number of rotatable bonds is 17. The predicted octanol–water partition coefficient (Wildman–Crippen LogP) is 9.27. The van der Waals surface area contributed by atoms with Crippen molar-refractivity contribution in [2.75, 3.05) is 11.9 Å². The quantitative estimate of drug-likeness (QED) is 0.161. The lowest BCUT2D eigenvalue weighted by molar-refractivity contribution is -0.116. The minimum Gasteiger partial charge on any atom is -0.504 e. The smallest absolute Gasteiger partial charge is 0.227 e. The number of nitrogens with one attached hydrogen (secondary N) is 1. The molecule has 0 aliphatic heterocycles. The van der Waals surface area contributed by atoms with E-state index < -0.39 is 0 Å². The molecule has 6 heteroatoms. The summed E-state index contributed by atoms with van der Waals surface area (Å²) >= 11 is 12.1. The van der Waals surface area contributed by atoms with Gasteiger partial charge in [-0.1, -0.05) is 106 Å². The van der Waals surface area contributed by atoms with Gasteiger partial charge in [-0.25, -0.2) is 0 Å². The van der Waals surface area contributed by atoms with Gasteiger partial charge in [-0.3, -0.25) is 4.79 Å². The number of phenolic OH excluding ortho intramolecular Hbond substituents is 1. The highest BCUT2D eigenvalue weighted by atomic mass is 35.5. The summed E-state index contributed by atoms with van der Waals surface area (Å²) in [6, 6.07) is 9.60. The van der Waals surface area contributed by atoms with E-state index in [0.29, 0.717) is 10.6 Å². The second-order valence-corrected chi connectivity index (χ2v) is 10.1. The average Bonchev–Trinajstić information content (AvgIpc) is 2.85. The van der Waals surface area contributed by atoms with Gasteiger partial charge in [0, 0.05) is 5.02 Å². The number of ether oxygens (including phenoxy) is 1. The van der Waals surface area contributed by atoms with Crippen LogP contribution in [0.3, 0.4) is 0 Å². The molecule has 0 spiro atoms. The normalized spacial score (nSPS) is 11.0. The van der Waals surface area contributed by atoms with E-state index in [1.807, 2.05) is 12.1 Å². The van der Waals surface area contributed by atoms with Crippen LogP contribution in [0.2, 0.25) is 10.0 Å². The number of carbonyl (C=O) groups is 1.